The predicted molar refractivity (Wildman–Crippen MR) is 95.7 cm³/mol. The van der Waals surface area contributed by atoms with Crippen molar-refractivity contribution in [2.24, 2.45) is 0 Å². The van der Waals surface area contributed by atoms with Gasteiger partial charge in [-0.15, -0.1) is 0 Å². The minimum absolute atomic E-state index is 0.321. The van der Waals surface area contributed by atoms with E-state index in [1.807, 2.05) is 36.4 Å². The molecule has 1 saturated heterocycles. The van der Waals surface area contributed by atoms with Gasteiger partial charge in [0.15, 0.2) is 11.5 Å². The highest BCUT2D eigenvalue weighted by atomic mass is 16.7. The number of β-amino-alcohol motifs (C(OH)–C–C–N with tert-alkyl or cyclic N) is 1. The first kappa shape index (κ1) is 16.4. The lowest BCUT2D eigenvalue weighted by Gasteiger charge is -2.35. The monoisotopic (exact) mass is 340 g/mol. The Morgan fingerprint density at radius 2 is 1.60 bits per heavy atom. The molecule has 1 unspecified atom stereocenters. The number of hydrogen-bond acceptors (Lipinski definition) is 5. The van der Waals surface area contributed by atoms with E-state index >= 15 is 0 Å². The Hall–Kier alpha value is -2.08. The average molecular weight is 340 g/mol. The zero-order chi connectivity index (χ0) is 17.1. The van der Waals surface area contributed by atoms with E-state index in [9.17, 15) is 5.11 Å². The number of aliphatic hydroxyl groups excluding tert-OH is 1. The van der Waals surface area contributed by atoms with Gasteiger partial charge in [0.05, 0.1) is 6.10 Å². The third-order valence-electron chi connectivity index (χ3n) is 4.92. The van der Waals surface area contributed by atoms with Crippen molar-refractivity contribution in [2.45, 2.75) is 12.6 Å². The highest BCUT2D eigenvalue weighted by Gasteiger charge is 2.21. The second kappa shape index (κ2) is 7.44. The summed E-state index contributed by atoms with van der Waals surface area (Å²) in [6, 6.07) is 16.1. The van der Waals surface area contributed by atoms with Gasteiger partial charge in [-0.05, 0) is 23.3 Å². The van der Waals surface area contributed by atoms with Crippen molar-refractivity contribution in [3.05, 3.63) is 59.7 Å². The first-order chi connectivity index (χ1) is 12.3. The number of fused-ring (bicyclic) bond motifs is 1. The third kappa shape index (κ3) is 3.95. The summed E-state index contributed by atoms with van der Waals surface area (Å²) in [7, 11) is 0. The molecule has 1 atom stereocenters. The number of piperazine rings is 1. The summed E-state index contributed by atoms with van der Waals surface area (Å²) in [4.78, 5) is 4.79. The van der Waals surface area contributed by atoms with Crippen molar-refractivity contribution in [3.8, 4) is 11.5 Å². The molecule has 5 heteroatoms. The minimum Gasteiger partial charge on any atom is -0.454 e. The van der Waals surface area contributed by atoms with Crippen molar-refractivity contribution >= 4 is 0 Å². The lowest BCUT2D eigenvalue weighted by Crippen LogP contribution is -2.47. The van der Waals surface area contributed by atoms with Crippen LogP contribution in [0.15, 0.2) is 48.5 Å². The summed E-state index contributed by atoms with van der Waals surface area (Å²) in [6.07, 6.45) is -0.415. The fraction of sp³-hybridized carbons (Fsp3) is 0.400. The summed E-state index contributed by atoms with van der Waals surface area (Å²) in [5.41, 5.74) is 2.24. The summed E-state index contributed by atoms with van der Waals surface area (Å²) < 4.78 is 10.8. The van der Waals surface area contributed by atoms with Crippen molar-refractivity contribution in [2.75, 3.05) is 39.5 Å². The van der Waals surface area contributed by atoms with Gasteiger partial charge in [-0.1, -0.05) is 36.4 Å². The molecule has 2 aromatic rings. The molecule has 132 valence electrons. The average Bonchev–Trinajstić information content (AvgIpc) is 3.12. The molecule has 1 N–H and O–H groups in total. The molecule has 0 aliphatic carbocycles. The number of nitrogens with zero attached hydrogens (tertiary/aromatic N) is 2. The first-order valence-electron chi connectivity index (χ1n) is 8.84. The molecule has 0 aromatic heterocycles. The van der Waals surface area contributed by atoms with Gasteiger partial charge >= 0.3 is 0 Å². The Labute approximate surface area is 148 Å². The Morgan fingerprint density at radius 3 is 2.40 bits per heavy atom. The highest BCUT2D eigenvalue weighted by Crippen LogP contribution is 2.32. The smallest absolute Gasteiger partial charge is 0.231 e. The van der Waals surface area contributed by atoms with Crippen LogP contribution in [0.25, 0.3) is 0 Å². The molecule has 0 spiro atoms. The van der Waals surface area contributed by atoms with E-state index in [1.165, 1.54) is 5.56 Å². The molecule has 2 aliphatic heterocycles. The van der Waals surface area contributed by atoms with Gasteiger partial charge in [-0.25, -0.2) is 0 Å². The lowest BCUT2D eigenvalue weighted by atomic mass is 10.1. The van der Waals surface area contributed by atoms with E-state index in [1.54, 1.807) is 0 Å². The molecule has 2 heterocycles. The van der Waals surface area contributed by atoms with Crippen molar-refractivity contribution in [3.63, 3.8) is 0 Å². The van der Waals surface area contributed by atoms with Crippen molar-refractivity contribution < 1.29 is 14.6 Å². The maximum absolute atomic E-state index is 10.4. The van der Waals surface area contributed by atoms with Crippen LogP contribution in [-0.2, 0) is 6.54 Å². The number of benzene rings is 2. The quantitative estimate of drug-likeness (QED) is 0.905. The fourth-order valence-electron chi connectivity index (χ4n) is 3.45. The van der Waals surface area contributed by atoms with Gasteiger partial charge in [-0.3, -0.25) is 9.80 Å². The Balaban J connectivity index is 1.27. The van der Waals surface area contributed by atoms with Crippen molar-refractivity contribution in [1.82, 2.24) is 9.80 Å². The molecule has 25 heavy (non-hydrogen) atoms. The minimum atomic E-state index is -0.415. The maximum Gasteiger partial charge on any atom is 0.231 e. The van der Waals surface area contributed by atoms with Gasteiger partial charge in [0.2, 0.25) is 6.79 Å². The van der Waals surface area contributed by atoms with Gasteiger partial charge < -0.3 is 14.6 Å². The van der Waals surface area contributed by atoms with Crippen LogP contribution in [0.1, 0.15) is 17.2 Å². The SMILES string of the molecule is OC(CN1CCN(Cc2ccc3c(c2)OCO3)CC1)c1ccccc1. The Kier molecular flexibility index (Phi) is 4.88. The second-order valence-electron chi connectivity index (χ2n) is 6.69. The molecule has 5 nitrogen and oxygen atoms in total. The third-order valence-corrected chi connectivity index (χ3v) is 4.92. The Bertz CT molecular complexity index is 699. The van der Waals surface area contributed by atoms with Crippen molar-refractivity contribution in [1.29, 1.82) is 0 Å². The van der Waals surface area contributed by atoms with Gasteiger partial charge in [-0.2, -0.15) is 0 Å². The molecular formula is C20H24N2O3. The van der Waals surface area contributed by atoms with Gasteiger partial charge in [0, 0.05) is 39.3 Å². The first-order valence-corrected chi connectivity index (χ1v) is 8.84. The maximum atomic E-state index is 10.4. The summed E-state index contributed by atoms with van der Waals surface area (Å²) in [6.45, 7) is 5.92. The van der Waals surface area contributed by atoms with Crippen LogP contribution < -0.4 is 9.47 Å². The molecule has 4 rings (SSSR count). The summed E-state index contributed by atoms with van der Waals surface area (Å²) >= 11 is 0. The van der Waals surface area contributed by atoms with E-state index < -0.39 is 6.10 Å². The molecule has 2 aromatic carbocycles. The molecule has 0 amide bonds. The highest BCUT2D eigenvalue weighted by molar-refractivity contribution is 5.44. The molecular weight excluding hydrogens is 316 g/mol. The van der Waals surface area contributed by atoms with Crippen LogP contribution in [0.5, 0.6) is 11.5 Å². The normalized spacial score (nSPS) is 19.1. The zero-order valence-electron chi connectivity index (χ0n) is 14.3. The summed E-state index contributed by atoms with van der Waals surface area (Å²) in [5.74, 6) is 1.69. The van der Waals surface area contributed by atoms with E-state index in [0.29, 0.717) is 13.3 Å². The lowest BCUT2D eigenvalue weighted by molar-refractivity contribution is 0.0701. The zero-order valence-corrected chi connectivity index (χ0v) is 14.3. The standard InChI is InChI=1S/C20H24N2O3/c23-18(17-4-2-1-3-5-17)14-22-10-8-21(9-11-22)13-16-6-7-19-20(12-16)25-15-24-19/h1-7,12,18,23H,8-11,13-15H2. The van der Waals surface area contributed by atoms with E-state index in [4.69, 9.17) is 9.47 Å². The van der Waals surface area contributed by atoms with Gasteiger partial charge in [0.1, 0.15) is 0 Å². The summed E-state index contributed by atoms with van der Waals surface area (Å²) in [5, 5.41) is 10.4. The number of ether oxygens (including phenoxy) is 2. The topological polar surface area (TPSA) is 45.2 Å². The van der Waals surface area contributed by atoms with Crippen LogP contribution >= 0.6 is 0 Å². The molecule has 0 bridgehead atoms. The second-order valence-corrected chi connectivity index (χ2v) is 6.69. The van der Waals surface area contributed by atoms with Crippen LogP contribution in [-0.4, -0.2) is 54.4 Å². The Morgan fingerprint density at radius 1 is 0.880 bits per heavy atom. The number of hydrogen-bond donors (Lipinski definition) is 1. The van der Waals surface area contributed by atoms with Crippen LogP contribution in [0, 0.1) is 0 Å². The molecule has 2 aliphatic rings. The van der Waals surface area contributed by atoms with E-state index in [0.717, 1.165) is 49.8 Å². The fourth-order valence-corrected chi connectivity index (χ4v) is 3.45. The van der Waals surface area contributed by atoms with E-state index in [-0.39, 0.29) is 0 Å². The molecule has 0 radical (unpaired) electrons. The van der Waals surface area contributed by atoms with Crippen LogP contribution in [0.4, 0.5) is 0 Å². The number of aliphatic hydroxyl groups is 1. The predicted octanol–water partition coefficient (Wildman–Crippen LogP) is 2.27. The molecule has 0 saturated carbocycles. The molecule has 1 fully saturated rings. The number of rotatable bonds is 5. The largest absolute Gasteiger partial charge is 0.454 e. The van der Waals surface area contributed by atoms with E-state index in [2.05, 4.69) is 21.9 Å². The van der Waals surface area contributed by atoms with Crippen LogP contribution in [0.2, 0.25) is 0 Å². The van der Waals surface area contributed by atoms with Crippen LogP contribution in [0.3, 0.4) is 0 Å². The van der Waals surface area contributed by atoms with Gasteiger partial charge in [0.25, 0.3) is 0 Å².